The van der Waals surface area contributed by atoms with Crippen LogP contribution in [0.3, 0.4) is 0 Å². The van der Waals surface area contributed by atoms with Gasteiger partial charge in [-0.15, -0.1) is 0 Å². The molecule has 0 rings (SSSR count). The van der Waals surface area contributed by atoms with Crippen molar-refractivity contribution in [3.63, 3.8) is 0 Å². The molecule has 0 saturated heterocycles. The van der Waals surface area contributed by atoms with E-state index < -0.39 is 5.97 Å². The summed E-state index contributed by atoms with van der Waals surface area (Å²) >= 11 is 0. The highest BCUT2D eigenvalue weighted by molar-refractivity contribution is 5.86. The zero-order valence-corrected chi connectivity index (χ0v) is 12.0. The Morgan fingerprint density at radius 3 is 2.05 bits per heavy atom. The van der Waals surface area contributed by atoms with Crippen LogP contribution in [0, 0.1) is 11.8 Å². The van der Waals surface area contributed by atoms with Crippen molar-refractivity contribution >= 4 is 11.8 Å². The Bertz CT molecular complexity index is 310. The molecule has 0 aliphatic carbocycles. The van der Waals surface area contributed by atoms with Gasteiger partial charge in [0.15, 0.2) is 0 Å². The summed E-state index contributed by atoms with van der Waals surface area (Å²) in [6.45, 7) is 2.17. The van der Waals surface area contributed by atoms with Crippen LogP contribution in [-0.4, -0.2) is 16.9 Å². The molecule has 0 aliphatic heterocycles. The first-order chi connectivity index (χ1) is 9.16. The molecule has 1 N–H and O–H groups in total. The first-order valence-corrected chi connectivity index (χ1v) is 7.40. The number of carboxylic acid groups (broad SMARTS) is 1. The average molecular weight is 266 g/mol. The molecule has 0 saturated carbocycles. The molecule has 0 radical (unpaired) electrons. The van der Waals surface area contributed by atoms with Crippen molar-refractivity contribution in [1.29, 1.82) is 0 Å². The number of carbonyl (C=O) groups excluding carboxylic acids is 1. The minimum Gasteiger partial charge on any atom is -0.472 e. The van der Waals surface area contributed by atoms with Gasteiger partial charge in [0.2, 0.25) is 0 Å². The van der Waals surface area contributed by atoms with E-state index >= 15 is 0 Å². The monoisotopic (exact) mass is 266 g/mol. The van der Waals surface area contributed by atoms with Gasteiger partial charge in [0, 0.05) is 25.2 Å². The van der Waals surface area contributed by atoms with Crippen molar-refractivity contribution in [2.24, 2.45) is 0 Å². The molecule has 19 heavy (non-hydrogen) atoms. The maximum atomic E-state index is 11.5. The zero-order valence-electron chi connectivity index (χ0n) is 12.0. The first-order valence-electron chi connectivity index (χ1n) is 7.40. The number of hydrogen-bond donors (Lipinski definition) is 1. The molecule has 0 heterocycles. The molecule has 0 unspecified atom stereocenters. The molecule has 0 aromatic heterocycles. The largest absolute Gasteiger partial charge is 0.472 e. The Kier molecular flexibility index (Phi) is 12.2. The molecule has 0 spiro atoms. The number of ketones is 1. The average Bonchev–Trinajstić information content (AvgIpc) is 2.37. The first kappa shape index (κ1) is 17.7. The fraction of sp³-hybridized carbons (Fsp3) is 0.750. The van der Waals surface area contributed by atoms with Gasteiger partial charge in [-0.05, 0) is 19.3 Å². The van der Waals surface area contributed by atoms with Gasteiger partial charge in [0.1, 0.15) is 5.78 Å². The van der Waals surface area contributed by atoms with E-state index in [2.05, 4.69) is 18.8 Å². The number of carbonyl (C=O) groups is 2. The third-order valence-corrected chi connectivity index (χ3v) is 3.01. The standard InChI is InChI=1S/C16H26O3/c1-2-3-4-9-12-15(17)13-10-7-5-6-8-11-14-16(18)19/h2-10,12-13H2,1H3,(H,18,19). The second kappa shape index (κ2) is 13.1. The third-order valence-electron chi connectivity index (χ3n) is 3.01. The Morgan fingerprint density at radius 2 is 1.47 bits per heavy atom. The highest BCUT2D eigenvalue weighted by Gasteiger charge is 2.01. The molecule has 0 aliphatic rings. The van der Waals surface area contributed by atoms with Gasteiger partial charge >= 0.3 is 5.97 Å². The van der Waals surface area contributed by atoms with Crippen molar-refractivity contribution in [3.05, 3.63) is 0 Å². The lowest BCUT2D eigenvalue weighted by Gasteiger charge is -2.01. The third kappa shape index (κ3) is 14.6. The second-order valence-electron chi connectivity index (χ2n) is 4.87. The number of hydrogen-bond acceptors (Lipinski definition) is 2. The summed E-state index contributed by atoms with van der Waals surface area (Å²) in [7, 11) is 0. The summed E-state index contributed by atoms with van der Waals surface area (Å²) in [5.74, 6) is 4.04. The van der Waals surface area contributed by atoms with Crippen LogP contribution in [0.4, 0.5) is 0 Å². The highest BCUT2D eigenvalue weighted by Crippen LogP contribution is 2.09. The van der Waals surface area contributed by atoms with Crippen LogP contribution in [0.5, 0.6) is 0 Å². The van der Waals surface area contributed by atoms with Gasteiger partial charge in [-0.1, -0.05) is 44.9 Å². The van der Waals surface area contributed by atoms with E-state index in [1.165, 1.54) is 19.3 Å². The second-order valence-corrected chi connectivity index (χ2v) is 4.87. The van der Waals surface area contributed by atoms with Crippen LogP contribution in [0.1, 0.15) is 77.6 Å². The lowest BCUT2D eigenvalue weighted by Crippen LogP contribution is -1.97. The Balaban J connectivity index is 3.28. The summed E-state index contributed by atoms with van der Waals surface area (Å²) in [5.41, 5.74) is 0. The number of Topliss-reactive ketones (excluding diaryl/α,β-unsaturated/α-hetero) is 1. The van der Waals surface area contributed by atoms with Crippen molar-refractivity contribution in [3.8, 4) is 11.8 Å². The topological polar surface area (TPSA) is 54.4 Å². The molecule has 0 aromatic carbocycles. The predicted molar refractivity (Wildman–Crippen MR) is 76.9 cm³/mol. The van der Waals surface area contributed by atoms with E-state index in [4.69, 9.17) is 5.11 Å². The molecule has 108 valence electrons. The lowest BCUT2D eigenvalue weighted by atomic mass is 10.0. The molecular formula is C16H26O3. The lowest BCUT2D eigenvalue weighted by molar-refractivity contribution is -0.130. The summed E-state index contributed by atoms with van der Waals surface area (Å²) < 4.78 is 0. The van der Waals surface area contributed by atoms with E-state index in [1.807, 2.05) is 0 Å². The maximum Gasteiger partial charge on any atom is 0.381 e. The zero-order chi connectivity index (χ0) is 14.3. The Labute approximate surface area is 116 Å². The minimum atomic E-state index is -1.06. The van der Waals surface area contributed by atoms with Crippen LogP contribution in [-0.2, 0) is 9.59 Å². The Hall–Kier alpha value is -1.30. The van der Waals surface area contributed by atoms with Gasteiger partial charge in [0.05, 0.1) is 0 Å². The van der Waals surface area contributed by atoms with Crippen LogP contribution in [0.2, 0.25) is 0 Å². The van der Waals surface area contributed by atoms with Crippen molar-refractivity contribution in [2.45, 2.75) is 77.6 Å². The molecule has 0 fully saturated rings. The van der Waals surface area contributed by atoms with Crippen molar-refractivity contribution in [1.82, 2.24) is 0 Å². The molecular weight excluding hydrogens is 240 g/mol. The van der Waals surface area contributed by atoms with Crippen LogP contribution in [0.15, 0.2) is 0 Å². The van der Waals surface area contributed by atoms with Gasteiger partial charge in [-0.3, -0.25) is 4.79 Å². The van der Waals surface area contributed by atoms with E-state index in [-0.39, 0.29) is 0 Å². The fourth-order valence-electron chi connectivity index (χ4n) is 1.90. The van der Waals surface area contributed by atoms with Crippen LogP contribution >= 0.6 is 0 Å². The van der Waals surface area contributed by atoms with Crippen molar-refractivity contribution < 1.29 is 14.7 Å². The SMILES string of the molecule is CCCCCCC(=O)CCCCCCC#CC(=O)O. The molecule has 0 aromatic rings. The number of carboxylic acids is 1. The van der Waals surface area contributed by atoms with E-state index in [0.717, 1.165) is 38.5 Å². The summed E-state index contributed by atoms with van der Waals surface area (Å²) in [6, 6.07) is 0. The van der Waals surface area contributed by atoms with Gasteiger partial charge in [-0.25, -0.2) is 4.79 Å². The van der Waals surface area contributed by atoms with Crippen LogP contribution < -0.4 is 0 Å². The number of rotatable bonds is 11. The molecule has 0 bridgehead atoms. The molecule has 0 atom stereocenters. The van der Waals surface area contributed by atoms with Gasteiger partial charge in [0.25, 0.3) is 0 Å². The molecule has 3 heteroatoms. The van der Waals surface area contributed by atoms with Crippen LogP contribution in [0.25, 0.3) is 0 Å². The van der Waals surface area contributed by atoms with Gasteiger partial charge < -0.3 is 5.11 Å². The molecule has 0 amide bonds. The summed E-state index contributed by atoms with van der Waals surface area (Å²) in [4.78, 5) is 21.7. The molecule has 3 nitrogen and oxygen atoms in total. The fourth-order valence-corrected chi connectivity index (χ4v) is 1.90. The number of aliphatic carboxylic acids is 1. The smallest absolute Gasteiger partial charge is 0.381 e. The minimum absolute atomic E-state index is 0.391. The van der Waals surface area contributed by atoms with Gasteiger partial charge in [-0.2, -0.15) is 0 Å². The Morgan fingerprint density at radius 1 is 0.895 bits per heavy atom. The highest BCUT2D eigenvalue weighted by atomic mass is 16.4. The van der Waals surface area contributed by atoms with Crippen molar-refractivity contribution in [2.75, 3.05) is 0 Å². The normalized spacial score (nSPS) is 9.74. The summed E-state index contributed by atoms with van der Waals surface area (Å²) in [5, 5.41) is 8.31. The summed E-state index contributed by atoms with van der Waals surface area (Å²) in [6.07, 6.45) is 10.7. The van der Waals surface area contributed by atoms with E-state index in [0.29, 0.717) is 18.6 Å². The number of unbranched alkanes of at least 4 members (excludes halogenated alkanes) is 7. The van der Waals surface area contributed by atoms with E-state index in [9.17, 15) is 9.59 Å². The predicted octanol–water partition coefficient (Wildman–Crippen LogP) is 3.95. The maximum absolute atomic E-state index is 11.5. The van der Waals surface area contributed by atoms with E-state index in [1.54, 1.807) is 0 Å². The quantitative estimate of drug-likeness (QED) is 0.455.